The predicted molar refractivity (Wildman–Crippen MR) is 82.8 cm³/mol. The Bertz CT molecular complexity index is 528. The van der Waals surface area contributed by atoms with Gasteiger partial charge in [-0.1, -0.05) is 36.8 Å². The summed E-state index contributed by atoms with van der Waals surface area (Å²) in [4.78, 5) is 23.5. The minimum absolute atomic E-state index is 0.174. The number of hydrogen-bond acceptors (Lipinski definition) is 3. The molecule has 0 unspecified atom stereocenters. The van der Waals surface area contributed by atoms with Crippen molar-refractivity contribution >= 4 is 11.9 Å². The Kier molecular flexibility index (Phi) is 4.76. The molecule has 2 bridgehead atoms. The average Bonchev–Trinajstić information content (AvgIpc) is 3.14. The number of amides is 1. The molecule has 2 aliphatic rings. The summed E-state index contributed by atoms with van der Waals surface area (Å²) < 4.78 is 5.11. The van der Waals surface area contributed by atoms with Crippen LogP contribution in [0.2, 0.25) is 0 Å². The van der Waals surface area contributed by atoms with E-state index in [0.717, 1.165) is 11.5 Å². The minimum atomic E-state index is -0.245. The maximum atomic E-state index is 11.9. The monoisotopic (exact) mass is 301 g/mol. The van der Waals surface area contributed by atoms with Gasteiger partial charge in [0.2, 0.25) is 0 Å². The first-order chi connectivity index (χ1) is 10.7. The summed E-state index contributed by atoms with van der Waals surface area (Å²) in [6, 6.07) is 9.68. The molecule has 2 aliphatic carbocycles. The molecule has 4 heteroatoms. The van der Waals surface area contributed by atoms with Crippen molar-refractivity contribution in [3.63, 3.8) is 0 Å². The third-order valence-electron chi connectivity index (χ3n) is 5.01. The Balaban J connectivity index is 1.33. The SMILES string of the molecule is O=C(COC(=O)C[C@@H]1C[C@@H]2CC[C@@H]1C2)NCc1ccccc1. The zero-order valence-electron chi connectivity index (χ0n) is 12.8. The fourth-order valence-corrected chi connectivity index (χ4v) is 3.89. The first-order valence-electron chi connectivity index (χ1n) is 8.17. The zero-order chi connectivity index (χ0) is 15.4. The number of carbonyl (C=O) groups is 2. The molecule has 0 spiro atoms. The van der Waals surface area contributed by atoms with E-state index in [0.29, 0.717) is 24.8 Å². The largest absolute Gasteiger partial charge is 0.456 e. The van der Waals surface area contributed by atoms with Crippen molar-refractivity contribution in [3.8, 4) is 0 Å². The molecule has 3 atom stereocenters. The standard InChI is InChI=1S/C18H23NO3/c20-17(19-11-13-4-2-1-3-5-13)12-22-18(21)10-16-9-14-6-7-15(16)8-14/h1-5,14-16H,6-12H2,(H,19,20)/t14-,15-,16+/m1/s1. The zero-order valence-corrected chi connectivity index (χ0v) is 12.8. The summed E-state index contributed by atoms with van der Waals surface area (Å²) in [5.41, 5.74) is 1.03. The lowest BCUT2D eigenvalue weighted by Gasteiger charge is -2.20. The molecular formula is C18H23NO3. The fourth-order valence-electron chi connectivity index (χ4n) is 3.89. The Morgan fingerprint density at radius 2 is 1.95 bits per heavy atom. The van der Waals surface area contributed by atoms with Crippen molar-refractivity contribution < 1.29 is 14.3 Å². The molecule has 22 heavy (non-hydrogen) atoms. The summed E-state index contributed by atoms with van der Waals surface area (Å²) >= 11 is 0. The summed E-state index contributed by atoms with van der Waals surface area (Å²) in [6.07, 6.45) is 5.53. The van der Waals surface area contributed by atoms with Crippen LogP contribution in [0.15, 0.2) is 30.3 Å². The number of carbonyl (C=O) groups excluding carboxylic acids is 2. The van der Waals surface area contributed by atoms with Crippen LogP contribution in [-0.4, -0.2) is 18.5 Å². The second-order valence-electron chi connectivity index (χ2n) is 6.56. The van der Waals surface area contributed by atoms with Crippen LogP contribution in [0.1, 0.15) is 37.7 Å². The maximum Gasteiger partial charge on any atom is 0.306 e. The van der Waals surface area contributed by atoms with E-state index < -0.39 is 0 Å². The van der Waals surface area contributed by atoms with E-state index in [-0.39, 0.29) is 18.5 Å². The van der Waals surface area contributed by atoms with E-state index >= 15 is 0 Å². The van der Waals surface area contributed by atoms with Gasteiger partial charge in [0, 0.05) is 13.0 Å². The van der Waals surface area contributed by atoms with Gasteiger partial charge < -0.3 is 10.1 Å². The van der Waals surface area contributed by atoms with Crippen LogP contribution in [0, 0.1) is 17.8 Å². The average molecular weight is 301 g/mol. The molecule has 0 heterocycles. The molecule has 1 amide bonds. The van der Waals surface area contributed by atoms with E-state index in [1.54, 1.807) is 0 Å². The second-order valence-corrected chi connectivity index (χ2v) is 6.56. The highest BCUT2D eigenvalue weighted by Gasteiger charge is 2.40. The molecule has 4 nitrogen and oxygen atoms in total. The molecule has 2 saturated carbocycles. The molecule has 1 aromatic rings. The molecule has 0 aliphatic heterocycles. The quantitative estimate of drug-likeness (QED) is 0.822. The van der Waals surface area contributed by atoms with Gasteiger partial charge in [0.15, 0.2) is 6.61 Å². The van der Waals surface area contributed by atoms with Gasteiger partial charge in [0.05, 0.1) is 0 Å². The Labute approximate surface area is 131 Å². The van der Waals surface area contributed by atoms with Gasteiger partial charge in [-0.15, -0.1) is 0 Å². The highest BCUT2D eigenvalue weighted by molar-refractivity contribution is 5.80. The van der Waals surface area contributed by atoms with Crippen LogP contribution in [0.3, 0.4) is 0 Å². The van der Waals surface area contributed by atoms with Crippen LogP contribution in [0.25, 0.3) is 0 Å². The third-order valence-corrected chi connectivity index (χ3v) is 5.01. The normalized spacial score (nSPS) is 25.9. The maximum absolute atomic E-state index is 11.9. The lowest BCUT2D eigenvalue weighted by Crippen LogP contribution is -2.29. The first-order valence-corrected chi connectivity index (χ1v) is 8.17. The predicted octanol–water partition coefficient (Wildman–Crippen LogP) is 2.67. The number of fused-ring (bicyclic) bond motifs is 2. The van der Waals surface area contributed by atoms with Gasteiger partial charge in [-0.05, 0) is 42.6 Å². The molecule has 1 N–H and O–H groups in total. The number of rotatable bonds is 6. The van der Waals surface area contributed by atoms with E-state index in [2.05, 4.69) is 5.32 Å². The smallest absolute Gasteiger partial charge is 0.306 e. The van der Waals surface area contributed by atoms with Crippen molar-refractivity contribution in [1.82, 2.24) is 5.32 Å². The van der Waals surface area contributed by atoms with Gasteiger partial charge in [-0.25, -0.2) is 0 Å². The summed E-state index contributed by atoms with van der Waals surface area (Å²) in [5, 5.41) is 2.76. The molecule has 0 saturated heterocycles. The lowest BCUT2D eigenvalue weighted by molar-refractivity contribution is -0.149. The number of esters is 1. The van der Waals surface area contributed by atoms with Crippen LogP contribution < -0.4 is 5.32 Å². The number of nitrogens with one attached hydrogen (secondary N) is 1. The van der Waals surface area contributed by atoms with E-state index in [1.807, 2.05) is 30.3 Å². The van der Waals surface area contributed by atoms with Crippen LogP contribution in [0.5, 0.6) is 0 Å². The highest BCUT2D eigenvalue weighted by atomic mass is 16.5. The van der Waals surface area contributed by atoms with Gasteiger partial charge >= 0.3 is 5.97 Å². The number of hydrogen-bond donors (Lipinski definition) is 1. The van der Waals surface area contributed by atoms with Crippen molar-refractivity contribution in [2.75, 3.05) is 6.61 Å². The van der Waals surface area contributed by atoms with E-state index in [1.165, 1.54) is 25.7 Å². The van der Waals surface area contributed by atoms with E-state index in [9.17, 15) is 9.59 Å². The lowest BCUT2D eigenvalue weighted by atomic mass is 9.86. The summed E-state index contributed by atoms with van der Waals surface area (Å²) in [7, 11) is 0. The second kappa shape index (κ2) is 6.95. The van der Waals surface area contributed by atoms with E-state index in [4.69, 9.17) is 4.74 Å². The van der Waals surface area contributed by atoms with Crippen molar-refractivity contribution in [2.45, 2.75) is 38.6 Å². The topological polar surface area (TPSA) is 55.4 Å². The fraction of sp³-hybridized carbons (Fsp3) is 0.556. The highest BCUT2D eigenvalue weighted by Crippen LogP contribution is 2.49. The number of benzene rings is 1. The first kappa shape index (κ1) is 15.1. The van der Waals surface area contributed by atoms with Gasteiger partial charge in [0.1, 0.15) is 0 Å². The summed E-state index contributed by atoms with van der Waals surface area (Å²) in [5.74, 6) is 1.55. The van der Waals surface area contributed by atoms with Gasteiger partial charge in [-0.2, -0.15) is 0 Å². The summed E-state index contributed by atoms with van der Waals surface area (Å²) in [6.45, 7) is 0.288. The molecule has 118 valence electrons. The number of ether oxygens (including phenoxy) is 1. The third kappa shape index (κ3) is 3.87. The molecule has 0 aromatic heterocycles. The van der Waals surface area contributed by atoms with Gasteiger partial charge in [-0.3, -0.25) is 9.59 Å². The Morgan fingerprint density at radius 1 is 1.14 bits per heavy atom. The van der Waals surface area contributed by atoms with Crippen molar-refractivity contribution in [2.24, 2.45) is 17.8 Å². The van der Waals surface area contributed by atoms with Crippen molar-refractivity contribution in [3.05, 3.63) is 35.9 Å². The molecule has 0 radical (unpaired) electrons. The molecular weight excluding hydrogens is 278 g/mol. The van der Waals surface area contributed by atoms with Crippen molar-refractivity contribution in [1.29, 1.82) is 0 Å². The Morgan fingerprint density at radius 3 is 2.64 bits per heavy atom. The molecule has 3 rings (SSSR count). The van der Waals surface area contributed by atoms with Crippen LogP contribution >= 0.6 is 0 Å². The minimum Gasteiger partial charge on any atom is -0.456 e. The van der Waals surface area contributed by atoms with Crippen LogP contribution in [-0.2, 0) is 20.9 Å². The van der Waals surface area contributed by atoms with Gasteiger partial charge in [0.25, 0.3) is 5.91 Å². The molecule has 1 aromatic carbocycles. The molecule has 2 fully saturated rings. The Hall–Kier alpha value is -1.84. The van der Waals surface area contributed by atoms with Crippen LogP contribution in [0.4, 0.5) is 0 Å².